The van der Waals surface area contributed by atoms with Crippen LogP contribution in [-0.4, -0.2) is 26.2 Å². The predicted molar refractivity (Wildman–Crippen MR) is 144 cm³/mol. The summed E-state index contributed by atoms with van der Waals surface area (Å²) < 4.78 is 9.87. The Labute approximate surface area is 208 Å². The van der Waals surface area contributed by atoms with Crippen LogP contribution >= 0.6 is 0 Å². The smallest absolute Gasteiger partial charge is 0.339 e. The van der Waals surface area contributed by atoms with Gasteiger partial charge in [-0.2, -0.15) is 0 Å². The molecule has 0 radical (unpaired) electrons. The van der Waals surface area contributed by atoms with E-state index in [9.17, 15) is 9.59 Å². The fraction of sp³-hybridized carbons (Fsp3) is 0.0625. The molecule has 0 unspecified atom stereocenters. The Hall–Kier alpha value is -4.70. The zero-order valence-corrected chi connectivity index (χ0v) is 19.9. The van der Waals surface area contributed by atoms with Crippen LogP contribution in [0.1, 0.15) is 20.7 Å². The molecule has 0 bridgehead atoms. The number of methoxy groups -OCH3 is 2. The standard InChI is InChI=1S/C32H22O4/c1-35-31(33)27-8-4-7-25(30(27)32(34)36-2)20-11-9-19(10-12-20)24-17-15-23-14-13-21-5-3-6-22-16-18-26(24)29(23)28(21)22/h3-18H,1-2H3. The average Bonchev–Trinajstić information content (AvgIpc) is 2.94. The normalized spacial score (nSPS) is 11.3. The van der Waals surface area contributed by atoms with Gasteiger partial charge in [-0.25, -0.2) is 9.59 Å². The van der Waals surface area contributed by atoms with Crippen LogP contribution in [0.4, 0.5) is 0 Å². The lowest BCUT2D eigenvalue weighted by atomic mass is 9.89. The average molecular weight is 471 g/mol. The van der Waals surface area contributed by atoms with Gasteiger partial charge in [-0.1, -0.05) is 91.0 Å². The maximum Gasteiger partial charge on any atom is 0.339 e. The van der Waals surface area contributed by atoms with E-state index in [0.717, 1.165) is 16.7 Å². The molecule has 6 aromatic carbocycles. The molecule has 0 aliphatic heterocycles. The van der Waals surface area contributed by atoms with E-state index in [4.69, 9.17) is 9.47 Å². The van der Waals surface area contributed by atoms with E-state index in [2.05, 4.69) is 54.6 Å². The van der Waals surface area contributed by atoms with E-state index in [1.54, 1.807) is 12.1 Å². The molecule has 0 aromatic heterocycles. The Morgan fingerprint density at radius 3 is 1.75 bits per heavy atom. The molecule has 4 nitrogen and oxygen atoms in total. The summed E-state index contributed by atoms with van der Waals surface area (Å²) in [6, 6.07) is 32.6. The van der Waals surface area contributed by atoms with Gasteiger partial charge in [-0.3, -0.25) is 0 Å². The number of hydrogen-bond acceptors (Lipinski definition) is 4. The largest absolute Gasteiger partial charge is 0.465 e. The number of carbonyl (C=O) groups excluding carboxylic acids is 2. The zero-order valence-electron chi connectivity index (χ0n) is 19.9. The molecule has 0 saturated heterocycles. The van der Waals surface area contributed by atoms with Gasteiger partial charge in [-0.05, 0) is 60.6 Å². The van der Waals surface area contributed by atoms with Crippen LogP contribution < -0.4 is 0 Å². The second-order valence-corrected chi connectivity index (χ2v) is 8.76. The number of rotatable bonds is 4. The fourth-order valence-corrected chi connectivity index (χ4v) is 5.21. The summed E-state index contributed by atoms with van der Waals surface area (Å²) in [5.41, 5.74) is 4.01. The Balaban J connectivity index is 1.50. The third kappa shape index (κ3) is 3.30. The topological polar surface area (TPSA) is 52.6 Å². The van der Waals surface area contributed by atoms with Crippen LogP contribution in [0.25, 0.3) is 54.6 Å². The first kappa shape index (κ1) is 21.8. The Morgan fingerprint density at radius 2 is 1.08 bits per heavy atom. The van der Waals surface area contributed by atoms with Crippen LogP contribution in [0.15, 0.2) is 97.1 Å². The van der Waals surface area contributed by atoms with Crippen molar-refractivity contribution in [3.63, 3.8) is 0 Å². The summed E-state index contributed by atoms with van der Waals surface area (Å²) in [6.45, 7) is 0. The molecule has 0 saturated carbocycles. The van der Waals surface area contributed by atoms with Crippen molar-refractivity contribution in [2.75, 3.05) is 14.2 Å². The minimum Gasteiger partial charge on any atom is -0.465 e. The van der Waals surface area contributed by atoms with Gasteiger partial charge in [-0.15, -0.1) is 0 Å². The third-order valence-electron chi connectivity index (χ3n) is 6.89. The van der Waals surface area contributed by atoms with Crippen molar-refractivity contribution in [1.82, 2.24) is 0 Å². The van der Waals surface area contributed by atoms with E-state index in [1.807, 2.05) is 30.3 Å². The van der Waals surface area contributed by atoms with Gasteiger partial charge >= 0.3 is 11.9 Å². The quantitative estimate of drug-likeness (QED) is 0.198. The summed E-state index contributed by atoms with van der Waals surface area (Å²) in [6.07, 6.45) is 0. The van der Waals surface area contributed by atoms with Crippen molar-refractivity contribution in [3.05, 3.63) is 108 Å². The molecule has 0 atom stereocenters. The number of benzene rings is 6. The molecular formula is C32H22O4. The molecular weight excluding hydrogens is 448 g/mol. The van der Waals surface area contributed by atoms with Gasteiger partial charge in [0.25, 0.3) is 0 Å². The van der Waals surface area contributed by atoms with Crippen molar-refractivity contribution in [1.29, 1.82) is 0 Å². The Bertz CT molecular complexity index is 1770. The molecule has 0 heterocycles. The first-order valence-electron chi connectivity index (χ1n) is 11.7. The maximum atomic E-state index is 12.6. The van der Waals surface area contributed by atoms with Crippen molar-refractivity contribution in [2.45, 2.75) is 0 Å². The van der Waals surface area contributed by atoms with Crippen LogP contribution in [0.5, 0.6) is 0 Å². The van der Waals surface area contributed by atoms with E-state index in [-0.39, 0.29) is 11.1 Å². The van der Waals surface area contributed by atoms with Crippen molar-refractivity contribution in [2.24, 2.45) is 0 Å². The summed E-state index contributed by atoms with van der Waals surface area (Å²) >= 11 is 0. The van der Waals surface area contributed by atoms with Crippen LogP contribution in [0.2, 0.25) is 0 Å². The van der Waals surface area contributed by atoms with Crippen molar-refractivity contribution in [3.8, 4) is 22.3 Å². The van der Waals surface area contributed by atoms with Gasteiger partial charge in [0.05, 0.1) is 25.3 Å². The van der Waals surface area contributed by atoms with Gasteiger partial charge in [0, 0.05) is 0 Å². The highest BCUT2D eigenvalue weighted by molar-refractivity contribution is 6.25. The SMILES string of the molecule is COC(=O)c1cccc(-c2ccc(-c3ccc4ccc5cccc6ccc3c4c56)cc2)c1C(=O)OC. The second-order valence-electron chi connectivity index (χ2n) is 8.76. The highest BCUT2D eigenvalue weighted by atomic mass is 16.5. The first-order chi connectivity index (χ1) is 17.6. The van der Waals surface area contributed by atoms with Gasteiger partial charge in [0.15, 0.2) is 0 Å². The number of esters is 2. The van der Waals surface area contributed by atoms with E-state index in [1.165, 1.54) is 46.5 Å². The van der Waals surface area contributed by atoms with Gasteiger partial charge in [0.1, 0.15) is 0 Å². The lowest BCUT2D eigenvalue weighted by Crippen LogP contribution is -2.13. The Kier molecular flexibility index (Phi) is 5.15. The van der Waals surface area contributed by atoms with Crippen LogP contribution in [0, 0.1) is 0 Å². The molecule has 4 heteroatoms. The van der Waals surface area contributed by atoms with Gasteiger partial charge in [0.2, 0.25) is 0 Å². The summed E-state index contributed by atoms with van der Waals surface area (Å²) in [5.74, 6) is -1.16. The minimum atomic E-state index is -0.582. The predicted octanol–water partition coefficient (Wildman–Crippen LogP) is 7.49. The number of ether oxygens (including phenoxy) is 2. The van der Waals surface area contributed by atoms with Crippen LogP contribution in [-0.2, 0) is 9.47 Å². The third-order valence-corrected chi connectivity index (χ3v) is 6.89. The van der Waals surface area contributed by atoms with Gasteiger partial charge < -0.3 is 9.47 Å². The molecule has 0 aliphatic carbocycles. The molecule has 0 amide bonds. The van der Waals surface area contributed by atoms with Crippen molar-refractivity contribution >= 4 is 44.3 Å². The first-order valence-corrected chi connectivity index (χ1v) is 11.7. The number of carbonyl (C=O) groups is 2. The summed E-state index contributed by atoms with van der Waals surface area (Å²) in [4.78, 5) is 24.9. The molecule has 6 rings (SSSR count). The summed E-state index contributed by atoms with van der Waals surface area (Å²) in [5, 5.41) is 7.45. The van der Waals surface area contributed by atoms with Crippen molar-refractivity contribution < 1.29 is 19.1 Å². The molecule has 36 heavy (non-hydrogen) atoms. The van der Waals surface area contributed by atoms with Crippen LogP contribution in [0.3, 0.4) is 0 Å². The molecule has 0 aliphatic rings. The molecule has 0 N–H and O–H groups in total. The second kappa shape index (κ2) is 8.51. The highest BCUT2D eigenvalue weighted by Crippen LogP contribution is 2.39. The maximum absolute atomic E-state index is 12.6. The monoisotopic (exact) mass is 470 g/mol. The number of hydrogen-bond donors (Lipinski definition) is 0. The van der Waals surface area contributed by atoms with E-state index >= 15 is 0 Å². The zero-order chi connectivity index (χ0) is 24.8. The lowest BCUT2D eigenvalue weighted by molar-refractivity contribution is 0.0556. The Morgan fingerprint density at radius 1 is 0.528 bits per heavy atom. The molecule has 6 aromatic rings. The van der Waals surface area contributed by atoms with E-state index < -0.39 is 11.9 Å². The molecule has 0 fully saturated rings. The van der Waals surface area contributed by atoms with E-state index in [0.29, 0.717) is 5.56 Å². The summed E-state index contributed by atoms with van der Waals surface area (Å²) in [7, 11) is 2.60. The lowest BCUT2D eigenvalue weighted by Gasteiger charge is -2.15. The highest BCUT2D eigenvalue weighted by Gasteiger charge is 2.23. The fourth-order valence-electron chi connectivity index (χ4n) is 5.21. The molecule has 0 spiro atoms. The minimum absolute atomic E-state index is 0.178. The molecule has 174 valence electrons.